The van der Waals surface area contributed by atoms with Crippen LogP contribution in [0.2, 0.25) is 0 Å². The van der Waals surface area contributed by atoms with Gasteiger partial charge in [-0.1, -0.05) is 38.1 Å². The molecular weight excluding hydrogens is 316 g/mol. The van der Waals surface area contributed by atoms with Crippen LogP contribution in [-0.4, -0.2) is 35.1 Å². The lowest BCUT2D eigenvalue weighted by molar-refractivity contribution is -0.138. The van der Waals surface area contributed by atoms with E-state index in [1.54, 1.807) is 17.0 Å². The third-order valence-electron chi connectivity index (χ3n) is 5.16. The molecule has 2 N–H and O–H groups in total. The van der Waals surface area contributed by atoms with Crippen LogP contribution in [0.5, 0.6) is 0 Å². The number of nitrogens with zero attached hydrogens (tertiary/aromatic N) is 1. The van der Waals surface area contributed by atoms with Gasteiger partial charge in [0.1, 0.15) is 0 Å². The van der Waals surface area contributed by atoms with E-state index in [0.717, 1.165) is 18.4 Å². The predicted molar refractivity (Wildman–Crippen MR) is 97.1 cm³/mol. The van der Waals surface area contributed by atoms with Gasteiger partial charge in [-0.15, -0.1) is 0 Å². The van der Waals surface area contributed by atoms with Crippen LogP contribution in [0.25, 0.3) is 0 Å². The van der Waals surface area contributed by atoms with Gasteiger partial charge in [-0.05, 0) is 32.3 Å². The summed E-state index contributed by atoms with van der Waals surface area (Å²) in [6, 6.07) is 7.37. The Morgan fingerprint density at radius 1 is 1.08 bits per heavy atom. The molecule has 0 saturated carbocycles. The van der Waals surface area contributed by atoms with Crippen molar-refractivity contribution in [1.82, 2.24) is 4.90 Å². The zero-order valence-electron chi connectivity index (χ0n) is 15.5. The van der Waals surface area contributed by atoms with Crippen molar-refractivity contribution in [3.63, 3.8) is 0 Å². The Morgan fingerprint density at radius 2 is 1.68 bits per heavy atom. The Bertz CT molecular complexity index is 651. The minimum atomic E-state index is -0.339. The molecule has 2 amide bonds. The first-order valence-electron chi connectivity index (χ1n) is 8.96. The first-order chi connectivity index (χ1) is 11.7. The molecule has 1 aliphatic heterocycles. The number of likely N-dealkylation sites (tertiary alicyclic amines) is 1. The fraction of sp³-hybridized carbons (Fsp3) is 0.550. The molecule has 0 aliphatic carbocycles. The first-order valence-corrected chi connectivity index (χ1v) is 8.96. The van der Waals surface area contributed by atoms with Crippen LogP contribution in [0.3, 0.4) is 0 Å². The average Bonchev–Trinajstić information content (AvgIpc) is 2.60. The SMILES string of the molecule is CC(C)C(=O)c1ccc([C@H](C)C(=O)N2C[C@H](C(N)=O)CC[C@@H]2C)cc1. The fourth-order valence-electron chi connectivity index (χ4n) is 3.31. The highest BCUT2D eigenvalue weighted by atomic mass is 16.2. The van der Waals surface area contributed by atoms with Crippen LogP contribution in [-0.2, 0) is 9.59 Å². The van der Waals surface area contributed by atoms with Gasteiger partial charge >= 0.3 is 0 Å². The van der Waals surface area contributed by atoms with E-state index in [-0.39, 0.29) is 41.4 Å². The molecule has 3 atom stereocenters. The summed E-state index contributed by atoms with van der Waals surface area (Å²) >= 11 is 0. The third-order valence-corrected chi connectivity index (χ3v) is 5.16. The van der Waals surface area contributed by atoms with Gasteiger partial charge in [0.15, 0.2) is 5.78 Å². The molecule has 0 spiro atoms. The molecule has 136 valence electrons. The number of hydrogen-bond acceptors (Lipinski definition) is 3. The van der Waals surface area contributed by atoms with Gasteiger partial charge < -0.3 is 10.6 Å². The van der Waals surface area contributed by atoms with Crippen LogP contribution in [0.15, 0.2) is 24.3 Å². The molecule has 1 aromatic carbocycles. The molecule has 1 heterocycles. The highest BCUT2D eigenvalue weighted by Gasteiger charge is 2.33. The molecule has 0 unspecified atom stereocenters. The molecular formula is C20H28N2O3. The first kappa shape index (κ1) is 19.2. The Balaban J connectivity index is 2.13. The molecule has 5 nitrogen and oxygen atoms in total. The van der Waals surface area contributed by atoms with Crippen LogP contribution in [0.1, 0.15) is 62.4 Å². The van der Waals surface area contributed by atoms with Gasteiger partial charge in [-0.25, -0.2) is 0 Å². The van der Waals surface area contributed by atoms with E-state index in [0.29, 0.717) is 12.1 Å². The Morgan fingerprint density at radius 3 is 2.20 bits per heavy atom. The smallest absolute Gasteiger partial charge is 0.230 e. The molecule has 1 saturated heterocycles. The second-order valence-corrected chi connectivity index (χ2v) is 7.38. The number of piperidine rings is 1. The summed E-state index contributed by atoms with van der Waals surface area (Å²) in [5, 5.41) is 0. The van der Waals surface area contributed by atoms with Crippen molar-refractivity contribution in [3.05, 3.63) is 35.4 Å². The summed E-state index contributed by atoms with van der Waals surface area (Å²) in [5.74, 6) is -0.879. The predicted octanol–water partition coefficient (Wildman–Crippen LogP) is 2.74. The van der Waals surface area contributed by atoms with Gasteiger partial charge in [0.05, 0.1) is 11.8 Å². The Kier molecular flexibility index (Phi) is 5.98. The number of Topliss-reactive ketones (excluding diaryl/α,β-unsaturated/α-hetero) is 1. The van der Waals surface area contributed by atoms with Crippen LogP contribution < -0.4 is 5.73 Å². The van der Waals surface area contributed by atoms with Crippen molar-refractivity contribution >= 4 is 17.6 Å². The quantitative estimate of drug-likeness (QED) is 0.834. The van der Waals surface area contributed by atoms with E-state index in [9.17, 15) is 14.4 Å². The summed E-state index contributed by atoms with van der Waals surface area (Å²) in [7, 11) is 0. The van der Waals surface area contributed by atoms with Crippen molar-refractivity contribution in [2.75, 3.05) is 6.54 Å². The maximum absolute atomic E-state index is 12.9. The summed E-state index contributed by atoms with van der Waals surface area (Å²) in [6.07, 6.45) is 1.52. The molecule has 0 bridgehead atoms. The molecule has 1 fully saturated rings. The number of rotatable bonds is 5. The van der Waals surface area contributed by atoms with Crippen LogP contribution in [0.4, 0.5) is 0 Å². The van der Waals surface area contributed by atoms with Crippen LogP contribution in [0, 0.1) is 11.8 Å². The zero-order valence-corrected chi connectivity index (χ0v) is 15.5. The van der Waals surface area contributed by atoms with Crippen molar-refractivity contribution < 1.29 is 14.4 Å². The minimum absolute atomic E-state index is 0.00128. The van der Waals surface area contributed by atoms with E-state index in [4.69, 9.17) is 5.73 Å². The second kappa shape index (κ2) is 7.81. The van der Waals surface area contributed by atoms with E-state index >= 15 is 0 Å². The zero-order chi connectivity index (χ0) is 18.7. The molecule has 2 rings (SSSR count). The van der Waals surface area contributed by atoms with Crippen molar-refractivity contribution in [2.24, 2.45) is 17.6 Å². The standard InChI is InChI=1S/C20H28N2O3/c1-12(2)18(23)16-9-7-15(8-10-16)14(4)20(25)22-11-17(19(21)24)6-5-13(22)3/h7-10,12-14,17H,5-6,11H2,1-4H3,(H2,21,24)/t13-,14-,17+/m0/s1. The lowest BCUT2D eigenvalue weighted by atomic mass is 9.90. The normalized spacial score (nSPS) is 21.9. The number of amides is 2. The summed E-state index contributed by atoms with van der Waals surface area (Å²) < 4.78 is 0. The third kappa shape index (κ3) is 4.27. The molecule has 25 heavy (non-hydrogen) atoms. The van der Waals surface area contributed by atoms with Gasteiger partial charge in [-0.3, -0.25) is 14.4 Å². The number of ketones is 1. The maximum Gasteiger partial charge on any atom is 0.230 e. The highest BCUT2D eigenvalue weighted by Crippen LogP contribution is 2.27. The van der Waals surface area contributed by atoms with E-state index in [2.05, 4.69) is 0 Å². The van der Waals surface area contributed by atoms with E-state index in [1.807, 2.05) is 39.8 Å². The van der Waals surface area contributed by atoms with Crippen molar-refractivity contribution in [2.45, 2.75) is 52.5 Å². The summed E-state index contributed by atoms with van der Waals surface area (Å²) in [4.78, 5) is 38.2. The number of nitrogens with two attached hydrogens (primary N) is 1. The van der Waals surface area contributed by atoms with Gasteiger partial charge in [0.25, 0.3) is 0 Å². The molecule has 5 heteroatoms. The second-order valence-electron chi connectivity index (χ2n) is 7.38. The largest absolute Gasteiger partial charge is 0.369 e. The number of hydrogen-bond donors (Lipinski definition) is 1. The number of primary amides is 1. The van der Waals surface area contributed by atoms with Gasteiger partial charge in [0, 0.05) is 24.1 Å². The van der Waals surface area contributed by atoms with E-state index in [1.165, 1.54) is 0 Å². The molecule has 0 aromatic heterocycles. The Hall–Kier alpha value is -2.17. The number of carbonyl (C=O) groups is 3. The molecule has 1 aliphatic rings. The average molecular weight is 344 g/mol. The fourth-order valence-corrected chi connectivity index (χ4v) is 3.31. The molecule has 1 aromatic rings. The minimum Gasteiger partial charge on any atom is -0.369 e. The monoisotopic (exact) mass is 344 g/mol. The van der Waals surface area contributed by atoms with Crippen molar-refractivity contribution in [1.29, 1.82) is 0 Å². The summed E-state index contributed by atoms with van der Waals surface area (Å²) in [5.41, 5.74) is 6.96. The van der Waals surface area contributed by atoms with Crippen LogP contribution >= 0.6 is 0 Å². The Labute approximate surface area is 149 Å². The number of benzene rings is 1. The maximum atomic E-state index is 12.9. The van der Waals surface area contributed by atoms with Crippen molar-refractivity contribution in [3.8, 4) is 0 Å². The van der Waals surface area contributed by atoms with Gasteiger partial charge in [-0.2, -0.15) is 0 Å². The van der Waals surface area contributed by atoms with Gasteiger partial charge in [0.2, 0.25) is 11.8 Å². The highest BCUT2D eigenvalue weighted by molar-refractivity contribution is 5.97. The lowest BCUT2D eigenvalue weighted by Crippen LogP contribution is -2.49. The summed E-state index contributed by atoms with van der Waals surface area (Å²) in [6.45, 7) is 8.00. The molecule has 0 radical (unpaired) electrons. The van der Waals surface area contributed by atoms with E-state index < -0.39 is 0 Å². The number of carbonyl (C=O) groups excluding carboxylic acids is 3. The lowest BCUT2D eigenvalue weighted by Gasteiger charge is -2.38. The topological polar surface area (TPSA) is 80.5 Å².